The van der Waals surface area contributed by atoms with Crippen molar-refractivity contribution in [2.75, 3.05) is 13.1 Å². The molecule has 2 N–H and O–H groups in total. The Morgan fingerprint density at radius 3 is 2.60 bits per heavy atom. The number of unbranched alkanes of at least 4 members (excludes halogenated alkanes) is 1. The van der Waals surface area contributed by atoms with Crippen LogP contribution in [0.15, 0.2) is 66.2 Å². The van der Waals surface area contributed by atoms with Crippen LogP contribution in [0.3, 0.4) is 0 Å². The lowest BCUT2D eigenvalue weighted by molar-refractivity contribution is 0.476. The number of ether oxygens (including phenoxy) is 1. The molecule has 0 saturated heterocycles. The van der Waals surface area contributed by atoms with E-state index >= 15 is 0 Å². The third-order valence-corrected chi connectivity index (χ3v) is 4.55. The van der Waals surface area contributed by atoms with E-state index in [2.05, 4.69) is 52.9 Å². The van der Waals surface area contributed by atoms with Crippen LogP contribution in [0.25, 0.3) is 0 Å². The summed E-state index contributed by atoms with van der Waals surface area (Å²) in [6, 6.07) is 16.1. The summed E-state index contributed by atoms with van der Waals surface area (Å²) in [6.45, 7) is 7.27. The third kappa shape index (κ3) is 6.92. The fourth-order valence-electron chi connectivity index (χ4n) is 2.97. The molecule has 0 spiro atoms. The zero-order valence-electron chi connectivity index (χ0n) is 17.7. The molecule has 0 aliphatic carbocycles. The minimum absolute atomic E-state index is 0.540. The molecule has 3 rings (SSSR count). The van der Waals surface area contributed by atoms with E-state index in [-0.39, 0.29) is 0 Å². The molecule has 30 heavy (non-hydrogen) atoms. The highest BCUT2D eigenvalue weighted by Crippen LogP contribution is 2.27. The number of rotatable bonds is 10. The maximum atomic E-state index is 6.11. The van der Waals surface area contributed by atoms with Gasteiger partial charge in [-0.3, -0.25) is 0 Å². The molecule has 1 heterocycles. The molecule has 0 saturated carbocycles. The molecule has 0 bridgehead atoms. The van der Waals surface area contributed by atoms with Crippen molar-refractivity contribution in [3.63, 3.8) is 0 Å². The second kappa shape index (κ2) is 11.6. The summed E-state index contributed by atoms with van der Waals surface area (Å²) in [7, 11) is 0. The molecule has 7 heteroatoms. The molecule has 158 valence electrons. The summed E-state index contributed by atoms with van der Waals surface area (Å²) >= 11 is 0. The van der Waals surface area contributed by atoms with Crippen molar-refractivity contribution >= 4 is 5.96 Å². The lowest BCUT2D eigenvalue weighted by atomic mass is 10.1. The van der Waals surface area contributed by atoms with Crippen LogP contribution in [-0.2, 0) is 13.1 Å². The van der Waals surface area contributed by atoms with E-state index in [0.29, 0.717) is 6.54 Å². The average Bonchev–Trinajstić information content (AvgIpc) is 3.27. The van der Waals surface area contributed by atoms with Gasteiger partial charge in [-0.05, 0) is 50.5 Å². The number of para-hydroxylation sites is 1. The van der Waals surface area contributed by atoms with E-state index in [1.807, 2.05) is 34.9 Å². The Labute approximate surface area is 178 Å². The minimum atomic E-state index is 0.540. The molecule has 0 radical (unpaired) electrons. The summed E-state index contributed by atoms with van der Waals surface area (Å²) in [4.78, 5) is 4.75. The van der Waals surface area contributed by atoms with Crippen molar-refractivity contribution < 1.29 is 4.74 Å². The summed E-state index contributed by atoms with van der Waals surface area (Å²) in [5.74, 6) is 2.48. The highest BCUT2D eigenvalue weighted by molar-refractivity contribution is 5.79. The first-order valence-electron chi connectivity index (χ1n) is 10.4. The first-order valence-corrected chi connectivity index (χ1v) is 10.4. The van der Waals surface area contributed by atoms with Gasteiger partial charge in [0.15, 0.2) is 5.96 Å². The van der Waals surface area contributed by atoms with Crippen molar-refractivity contribution in [2.45, 2.75) is 39.8 Å². The molecule has 0 amide bonds. The Balaban J connectivity index is 1.56. The molecule has 2 aromatic carbocycles. The molecule has 7 nitrogen and oxygen atoms in total. The SMILES string of the molecule is CCNC(=NCc1ccc(C)cc1Oc1ccccc1)NCCCCn1cnnc1. The van der Waals surface area contributed by atoms with Gasteiger partial charge in [0, 0.05) is 25.2 Å². The highest BCUT2D eigenvalue weighted by Gasteiger charge is 2.06. The summed E-state index contributed by atoms with van der Waals surface area (Å²) in [6.07, 6.45) is 5.58. The smallest absolute Gasteiger partial charge is 0.191 e. The Morgan fingerprint density at radius 2 is 1.83 bits per heavy atom. The zero-order valence-corrected chi connectivity index (χ0v) is 17.7. The molecule has 0 unspecified atom stereocenters. The van der Waals surface area contributed by atoms with Gasteiger partial charge in [0.05, 0.1) is 6.54 Å². The molecule has 1 aromatic heterocycles. The van der Waals surface area contributed by atoms with E-state index in [1.54, 1.807) is 12.7 Å². The second-order valence-corrected chi connectivity index (χ2v) is 7.06. The predicted octanol–water partition coefficient (Wildman–Crippen LogP) is 3.91. The van der Waals surface area contributed by atoms with Crippen LogP contribution in [0.5, 0.6) is 11.5 Å². The summed E-state index contributed by atoms with van der Waals surface area (Å²) in [5.41, 5.74) is 2.21. The van der Waals surface area contributed by atoms with Crippen molar-refractivity contribution in [1.82, 2.24) is 25.4 Å². The standard InChI is InChI=1S/C23H30N6O/c1-3-24-23(25-13-7-8-14-29-17-27-28-18-29)26-16-20-12-11-19(2)15-22(20)30-21-9-5-4-6-10-21/h4-6,9-12,15,17-18H,3,7-8,13-14,16H2,1-2H3,(H2,24,25,26). The van der Waals surface area contributed by atoms with E-state index in [9.17, 15) is 0 Å². The molecule has 3 aromatic rings. The van der Waals surface area contributed by atoms with Crippen LogP contribution in [0.2, 0.25) is 0 Å². The number of guanidine groups is 1. The topological polar surface area (TPSA) is 76.4 Å². The number of hydrogen-bond acceptors (Lipinski definition) is 4. The van der Waals surface area contributed by atoms with Crippen molar-refractivity contribution in [2.24, 2.45) is 4.99 Å². The fraction of sp³-hybridized carbons (Fsp3) is 0.348. The number of nitrogens with zero attached hydrogens (tertiary/aromatic N) is 4. The van der Waals surface area contributed by atoms with Crippen LogP contribution in [0.4, 0.5) is 0 Å². The number of aromatic nitrogens is 3. The first-order chi connectivity index (χ1) is 14.7. The van der Waals surface area contributed by atoms with Crippen LogP contribution >= 0.6 is 0 Å². The summed E-state index contributed by atoms with van der Waals surface area (Å²) < 4.78 is 8.10. The molecular formula is C23H30N6O. The first kappa shape index (κ1) is 21.4. The second-order valence-electron chi connectivity index (χ2n) is 7.06. The normalized spacial score (nSPS) is 11.3. The number of benzene rings is 2. The Bertz CT molecular complexity index is 909. The molecule has 0 aliphatic rings. The van der Waals surface area contributed by atoms with Crippen molar-refractivity contribution in [1.29, 1.82) is 0 Å². The maximum Gasteiger partial charge on any atom is 0.191 e. The summed E-state index contributed by atoms with van der Waals surface area (Å²) in [5, 5.41) is 14.4. The molecule has 0 aliphatic heterocycles. The van der Waals surface area contributed by atoms with E-state index in [4.69, 9.17) is 9.73 Å². The van der Waals surface area contributed by atoms with Gasteiger partial charge in [-0.25, -0.2) is 4.99 Å². The Kier molecular flexibility index (Phi) is 8.26. The lowest BCUT2D eigenvalue weighted by Crippen LogP contribution is -2.37. The minimum Gasteiger partial charge on any atom is -0.457 e. The Morgan fingerprint density at radius 1 is 1.03 bits per heavy atom. The van der Waals surface area contributed by atoms with Crippen LogP contribution < -0.4 is 15.4 Å². The van der Waals surface area contributed by atoms with Crippen LogP contribution in [0.1, 0.15) is 30.9 Å². The zero-order chi connectivity index (χ0) is 21.0. The van der Waals surface area contributed by atoms with E-state index in [0.717, 1.165) is 61.1 Å². The average molecular weight is 407 g/mol. The largest absolute Gasteiger partial charge is 0.457 e. The maximum absolute atomic E-state index is 6.11. The fourth-order valence-corrected chi connectivity index (χ4v) is 2.97. The third-order valence-electron chi connectivity index (χ3n) is 4.55. The molecule has 0 atom stereocenters. The van der Waals surface area contributed by atoms with Gasteiger partial charge >= 0.3 is 0 Å². The van der Waals surface area contributed by atoms with Gasteiger partial charge in [-0.2, -0.15) is 0 Å². The van der Waals surface area contributed by atoms with Gasteiger partial charge in [-0.1, -0.05) is 30.3 Å². The van der Waals surface area contributed by atoms with Gasteiger partial charge in [-0.15, -0.1) is 10.2 Å². The number of aliphatic imine (C=N–C) groups is 1. The molecular weight excluding hydrogens is 376 g/mol. The van der Waals surface area contributed by atoms with Crippen LogP contribution in [-0.4, -0.2) is 33.8 Å². The quantitative estimate of drug-likeness (QED) is 0.303. The lowest BCUT2D eigenvalue weighted by Gasteiger charge is -2.13. The monoisotopic (exact) mass is 406 g/mol. The Hall–Kier alpha value is -3.35. The van der Waals surface area contributed by atoms with Crippen LogP contribution in [0, 0.1) is 6.92 Å². The number of nitrogens with one attached hydrogen (secondary N) is 2. The van der Waals surface area contributed by atoms with Gasteiger partial charge < -0.3 is 19.9 Å². The van der Waals surface area contributed by atoms with Gasteiger partial charge in [0.2, 0.25) is 0 Å². The van der Waals surface area contributed by atoms with Gasteiger partial charge in [0.25, 0.3) is 0 Å². The molecule has 0 fully saturated rings. The van der Waals surface area contributed by atoms with Crippen molar-refractivity contribution in [3.8, 4) is 11.5 Å². The van der Waals surface area contributed by atoms with Crippen molar-refractivity contribution in [3.05, 3.63) is 72.3 Å². The predicted molar refractivity (Wildman–Crippen MR) is 120 cm³/mol. The highest BCUT2D eigenvalue weighted by atomic mass is 16.5. The number of aryl methyl sites for hydroxylation is 2. The van der Waals surface area contributed by atoms with E-state index < -0.39 is 0 Å². The van der Waals surface area contributed by atoms with E-state index in [1.165, 1.54) is 0 Å². The van der Waals surface area contributed by atoms with Gasteiger partial charge in [0.1, 0.15) is 24.2 Å². The number of hydrogen-bond donors (Lipinski definition) is 2.